The predicted octanol–water partition coefficient (Wildman–Crippen LogP) is 2.20. The normalized spacial score (nSPS) is 16.3. The Bertz CT molecular complexity index is 703. The number of hydrogen-bond acceptors (Lipinski definition) is 3. The molecule has 1 saturated heterocycles. The second-order valence-corrected chi connectivity index (χ2v) is 7.37. The number of nitrogens with one attached hydrogen (secondary N) is 2. The third-order valence-corrected chi connectivity index (χ3v) is 5.08. The van der Waals surface area contributed by atoms with Crippen molar-refractivity contribution in [3.8, 4) is 0 Å². The first-order chi connectivity index (χ1) is 13.7. The fraction of sp³-hybridized carbons (Fsp3) is 0.500. The molecule has 0 radical (unpaired) electrons. The van der Waals surface area contributed by atoms with Crippen LogP contribution >= 0.6 is 0 Å². The Morgan fingerprint density at radius 1 is 1.07 bits per heavy atom. The average Bonchev–Trinajstić information content (AvgIpc) is 3.22. The van der Waals surface area contributed by atoms with E-state index < -0.39 is 0 Å². The molecule has 6 heteroatoms. The minimum atomic E-state index is -0.112. The van der Waals surface area contributed by atoms with Gasteiger partial charge in [-0.25, -0.2) is 4.99 Å². The number of aromatic nitrogens is 1. The Hall–Kier alpha value is -2.31. The Kier molecular flexibility index (Phi) is 7.94. The van der Waals surface area contributed by atoms with E-state index in [4.69, 9.17) is 4.99 Å². The fourth-order valence-corrected chi connectivity index (χ4v) is 3.42. The lowest BCUT2D eigenvalue weighted by Gasteiger charge is -2.29. The van der Waals surface area contributed by atoms with Gasteiger partial charge in [0.15, 0.2) is 5.96 Å². The van der Waals surface area contributed by atoms with E-state index in [9.17, 15) is 5.11 Å². The molecule has 1 aromatic carbocycles. The van der Waals surface area contributed by atoms with E-state index >= 15 is 0 Å². The number of likely N-dealkylation sites (tertiary alicyclic amines) is 1. The lowest BCUT2D eigenvalue weighted by molar-refractivity contribution is 0.0792. The summed E-state index contributed by atoms with van der Waals surface area (Å²) in [6, 6.07) is 12.8. The number of piperidine rings is 1. The average molecular weight is 384 g/mol. The lowest BCUT2D eigenvalue weighted by atomic mass is 10.1. The van der Waals surface area contributed by atoms with Crippen LogP contribution in [0.25, 0.3) is 0 Å². The molecule has 1 aliphatic heterocycles. The molecule has 1 fully saturated rings. The highest BCUT2D eigenvalue weighted by atomic mass is 16.3. The Balaban J connectivity index is 1.46. The highest BCUT2D eigenvalue weighted by Crippen LogP contribution is 2.14. The lowest BCUT2D eigenvalue weighted by Crippen LogP contribution is -2.38. The van der Waals surface area contributed by atoms with E-state index in [0.717, 1.165) is 58.1 Å². The van der Waals surface area contributed by atoms with Crippen LogP contribution in [-0.4, -0.2) is 52.8 Å². The second kappa shape index (κ2) is 10.9. The third-order valence-electron chi connectivity index (χ3n) is 5.08. The van der Waals surface area contributed by atoms with Crippen molar-refractivity contribution in [1.82, 2.24) is 20.1 Å². The van der Waals surface area contributed by atoms with Crippen molar-refractivity contribution in [2.45, 2.75) is 45.5 Å². The molecule has 1 aliphatic rings. The summed E-state index contributed by atoms with van der Waals surface area (Å²) in [5.41, 5.74) is 2.53. The number of hydrogen-bond donors (Lipinski definition) is 3. The maximum Gasteiger partial charge on any atom is 0.191 e. The summed E-state index contributed by atoms with van der Waals surface area (Å²) in [6.45, 7) is 8.26. The van der Waals surface area contributed by atoms with E-state index in [1.165, 1.54) is 11.1 Å². The molecule has 0 spiro atoms. The van der Waals surface area contributed by atoms with Crippen molar-refractivity contribution < 1.29 is 5.11 Å². The zero-order valence-corrected chi connectivity index (χ0v) is 16.8. The maximum atomic E-state index is 9.62. The topological polar surface area (TPSA) is 64.8 Å². The highest BCUT2D eigenvalue weighted by molar-refractivity contribution is 5.79. The molecule has 3 N–H and O–H groups in total. The van der Waals surface area contributed by atoms with Crippen LogP contribution in [0.4, 0.5) is 0 Å². The number of aliphatic hydroxyl groups is 1. The van der Waals surface area contributed by atoms with Crippen molar-refractivity contribution in [3.05, 3.63) is 59.9 Å². The summed E-state index contributed by atoms with van der Waals surface area (Å²) in [7, 11) is 0. The van der Waals surface area contributed by atoms with Crippen molar-refractivity contribution >= 4 is 5.96 Å². The van der Waals surface area contributed by atoms with Crippen molar-refractivity contribution in [3.63, 3.8) is 0 Å². The first-order valence-corrected chi connectivity index (χ1v) is 10.3. The van der Waals surface area contributed by atoms with E-state index in [1.807, 2.05) is 12.1 Å². The molecule has 6 nitrogen and oxygen atoms in total. The number of nitrogens with zero attached hydrogens (tertiary/aromatic N) is 3. The molecule has 0 aliphatic carbocycles. The molecule has 0 amide bonds. The van der Waals surface area contributed by atoms with Gasteiger partial charge in [-0.3, -0.25) is 4.90 Å². The number of benzene rings is 1. The number of aliphatic hydroxyl groups excluding tert-OH is 1. The summed E-state index contributed by atoms with van der Waals surface area (Å²) >= 11 is 0. The molecule has 0 saturated carbocycles. The van der Waals surface area contributed by atoms with Crippen LogP contribution < -0.4 is 10.6 Å². The Labute approximate surface area is 168 Å². The van der Waals surface area contributed by atoms with Crippen molar-refractivity contribution in [2.24, 2.45) is 4.99 Å². The van der Waals surface area contributed by atoms with Crippen LogP contribution in [0, 0.1) is 0 Å². The summed E-state index contributed by atoms with van der Waals surface area (Å²) < 4.78 is 2.15. The minimum Gasteiger partial charge on any atom is -0.393 e. The van der Waals surface area contributed by atoms with Crippen LogP contribution in [0.15, 0.2) is 53.8 Å². The van der Waals surface area contributed by atoms with Crippen LogP contribution in [0.5, 0.6) is 0 Å². The number of rotatable bonds is 8. The number of guanidine groups is 1. The SMILES string of the molecule is CCNC(=NCc1ccc(CN2CCC(O)CC2)cc1)NCCn1cccc1. The highest BCUT2D eigenvalue weighted by Gasteiger charge is 2.16. The standard InChI is InChI=1S/C22H33N5O/c1-2-23-22(24-11-16-26-12-3-4-13-26)25-17-19-5-7-20(8-6-19)18-27-14-9-21(28)10-15-27/h3-8,12-13,21,28H,2,9-11,14-18H2,1H3,(H2,23,24,25). The first kappa shape index (κ1) is 20.4. The third kappa shape index (κ3) is 6.69. The molecular formula is C22H33N5O. The largest absolute Gasteiger partial charge is 0.393 e. The van der Waals surface area contributed by atoms with Crippen LogP contribution in [0.2, 0.25) is 0 Å². The van der Waals surface area contributed by atoms with Gasteiger partial charge < -0.3 is 20.3 Å². The molecule has 1 aromatic heterocycles. The molecule has 0 atom stereocenters. The fourth-order valence-electron chi connectivity index (χ4n) is 3.42. The molecular weight excluding hydrogens is 350 g/mol. The van der Waals surface area contributed by atoms with E-state index in [2.05, 4.69) is 63.7 Å². The zero-order chi connectivity index (χ0) is 19.6. The maximum absolute atomic E-state index is 9.62. The van der Waals surface area contributed by atoms with Gasteiger partial charge in [-0.1, -0.05) is 24.3 Å². The molecule has 152 valence electrons. The molecule has 28 heavy (non-hydrogen) atoms. The van der Waals surface area contributed by atoms with Gasteiger partial charge in [-0.15, -0.1) is 0 Å². The summed E-state index contributed by atoms with van der Waals surface area (Å²) in [5, 5.41) is 16.3. The van der Waals surface area contributed by atoms with Gasteiger partial charge in [0, 0.05) is 51.7 Å². The second-order valence-electron chi connectivity index (χ2n) is 7.37. The Morgan fingerprint density at radius 2 is 1.75 bits per heavy atom. The first-order valence-electron chi connectivity index (χ1n) is 10.3. The summed E-state index contributed by atoms with van der Waals surface area (Å²) in [4.78, 5) is 7.12. The summed E-state index contributed by atoms with van der Waals surface area (Å²) in [6.07, 6.45) is 5.80. The van der Waals surface area contributed by atoms with Gasteiger partial charge in [-0.2, -0.15) is 0 Å². The van der Waals surface area contributed by atoms with E-state index in [1.54, 1.807) is 0 Å². The van der Waals surface area contributed by atoms with Gasteiger partial charge in [0.25, 0.3) is 0 Å². The molecule has 0 unspecified atom stereocenters. The van der Waals surface area contributed by atoms with Crippen LogP contribution in [0.3, 0.4) is 0 Å². The molecule has 3 rings (SSSR count). The van der Waals surface area contributed by atoms with Crippen LogP contribution in [-0.2, 0) is 19.6 Å². The van der Waals surface area contributed by atoms with Gasteiger partial charge in [-0.05, 0) is 43.0 Å². The molecule has 2 aromatic rings. The smallest absolute Gasteiger partial charge is 0.191 e. The van der Waals surface area contributed by atoms with Gasteiger partial charge in [0.2, 0.25) is 0 Å². The van der Waals surface area contributed by atoms with Crippen molar-refractivity contribution in [1.29, 1.82) is 0 Å². The van der Waals surface area contributed by atoms with Gasteiger partial charge in [0.05, 0.1) is 12.6 Å². The van der Waals surface area contributed by atoms with Gasteiger partial charge in [0.1, 0.15) is 0 Å². The number of aliphatic imine (C=N–C) groups is 1. The predicted molar refractivity (Wildman–Crippen MR) is 114 cm³/mol. The quantitative estimate of drug-likeness (QED) is 0.483. The van der Waals surface area contributed by atoms with E-state index in [0.29, 0.717) is 6.54 Å². The molecule has 0 bridgehead atoms. The Morgan fingerprint density at radius 3 is 2.43 bits per heavy atom. The van der Waals surface area contributed by atoms with E-state index in [-0.39, 0.29) is 6.10 Å². The van der Waals surface area contributed by atoms with Crippen LogP contribution in [0.1, 0.15) is 30.9 Å². The minimum absolute atomic E-state index is 0.112. The molecule has 2 heterocycles. The summed E-state index contributed by atoms with van der Waals surface area (Å²) in [5.74, 6) is 0.852. The monoisotopic (exact) mass is 383 g/mol. The van der Waals surface area contributed by atoms with Crippen molar-refractivity contribution in [2.75, 3.05) is 26.2 Å². The zero-order valence-electron chi connectivity index (χ0n) is 16.8. The van der Waals surface area contributed by atoms with Gasteiger partial charge >= 0.3 is 0 Å².